The summed E-state index contributed by atoms with van der Waals surface area (Å²) >= 11 is 3.40. The van der Waals surface area contributed by atoms with E-state index in [4.69, 9.17) is 4.74 Å². The van der Waals surface area contributed by atoms with Crippen LogP contribution < -0.4 is 0 Å². The van der Waals surface area contributed by atoms with Crippen molar-refractivity contribution in [1.82, 2.24) is 0 Å². The molecule has 1 nitrogen and oxygen atoms in total. The third-order valence-electron chi connectivity index (χ3n) is 1.82. The van der Waals surface area contributed by atoms with Gasteiger partial charge in [-0.15, -0.1) is 0 Å². The molecular formula is C11H15BrO. The fourth-order valence-electron chi connectivity index (χ4n) is 1.22. The second-order valence-electron chi connectivity index (χ2n) is 3.38. The van der Waals surface area contributed by atoms with Gasteiger partial charge in [-0.05, 0) is 38.5 Å². The minimum atomic E-state index is 0.174. The maximum atomic E-state index is 5.66. The third kappa shape index (κ3) is 3.49. The van der Waals surface area contributed by atoms with Crippen LogP contribution >= 0.6 is 15.9 Å². The van der Waals surface area contributed by atoms with Crippen LogP contribution in [0.1, 0.15) is 32.4 Å². The van der Waals surface area contributed by atoms with Crippen molar-refractivity contribution >= 4 is 15.9 Å². The molecule has 0 aliphatic heterocycles. The molecule has 1 atom stereocenters. The zero-order valence-corrected chi connectivity index (χ0v) is 9.84. The van der Waals surface area contributed by atoms with Gasteiger partial charge in [0.15, 0.2) is 0 Å². The van der Waals surface area contributed by atoms with Gasteiger partial charge in [0.2, 0.25) is 0 Å². The van der Waals surface area contributed by atoms with Crippen molar-refractivity contribution < 1.29 is 4.74 Å². The highest BCUT2D eigenvalue weighted by Gasteiger charge is 2.06. The number of hydrogen-bond acceptors (Lipinski definition) is 1. The van der Waals surface area contributed by atoms with Gasteiger partial charge in [0.25, 0.3) is 0 Å². The Morgan fingerprint density at radius 1 is 1.08 bits per heavy atom. The molecule has 1 rings (SSSR count). The summed E-state index contributed by atoms with van der Waals surface area (Å²) in [6, 6.07) is 8.24. The number of ether oxygens (including phenoxy) is 1. The minimum Gasteiger partial charge on any atom is -0.371 e. The first-order valence-electron chi connectivity index (χ1n) is 4.50. The Morgan fingerprint density at radius 3 is 2.08 bits per heavy atom. The Balaban J connectivity index is 2.66. The highest BCUT2D eigenvalue weighted by Crippen LogP contribution is 2.20. The van der Waals surface area contributed by atoms with E-state index in [9.17, 15) is 0 Å². The molecule has 13 heavy (non-hydrogen) atoms. The summed E-state index contributed by atoms with van der Waals surface area (Å²) in [6.45, 7) is 6.17. The van der Waals surface area contributed by atoms with Gasteiger partial charge >= 0.3 is 0 Å². The summed E-state index contributed by atoms with van der Waals surface area (Å²) in [7, 11) is 0. The molecule has 0 aliphatic carbocycles. The van der Waals surface area contributed by atoms with E-state index in [1.54, 1.807) is 0 Å². The summed E-state index contributed by atoms with van der Waals surface area (Å²) in [4.78, 5) is 0. The van der Waals surface area contributed by atoms with Gasteiger partial charge in [-0.25, -0.2) is 0 Å². The average molecular weight is 243 g/mol. The molecule has 1 aromatic carbocycles. The van der Waals surface area contributed by atoms with Crippen molar-refractivity contribution in [1.29, 1.82) is 0 Å². The fraction of sp³-hybridized carbons (Fsp3) is 0.455. The van der Waals surface area contributed by atoms with Crippen molar-refractivity contribution in [2.45, 2.75) is 33.0 Å². The first-order chi connectivity index (χ1) is 6.09. The Hall–Kier alpha value is -0.340. The average Bonchev–Trinajstić information content (AvgIpc) is 2.04. The summed E-state index contributed by atoms with van der Waals surface area (Å²) in [5, 5.41) is 0. The lowest BCUT2D eigenvalue weighted by molar-refractivity contribution is 0.0178. The lowest BCUT2D eigenvalue weighted by Crippen LogP contribution is -2.07. The first-order valence-corrected chi connectivity index (χ1v) is 5.30. The van der Waals surface area contributed by atoms with Crippen LogP contribution in [0.5, 0.6) is 0 Å². The summed E-state index contributed by atoms with van der Waals surface area (Å²) in [5.74, 6) is 0. The molecule has 0 bridgehead atoms. The highest BCUT2D eigenvalue weighted by atomic mass is 79.9. The van der Waals surface area contributed by atoms with Crippen molar-refractivity contribution in [2.24, 2.45) is 0 Å². The van der Waals surface area contributed by atoms with E-state index >= 15 is 0 Å². The van der Waals surface area contributed by atoms with E-state index in [1.807, 2.05) is 12.1 Å². The Bertz CT molecular complexity index is 253. The van der Waals surface area contributed by atoms with E-state index in [-0.39, 0.29) is 12.2 Å². The second-order valence-corrected chi connectivity index (χ2v) is 4.29. The molecule has 0 amide bonds. The van der Waals surface area contributed by atoms with Crippen molar-refractivity contribution in [2.75, 3.05) is 0 Å². The molecule has 1 unspecified atom stereocenters. The van der Waals surface area contributed by atoms with Crippen molar-refractivity contribution in [3.8, 4) is 0 Å². The van der Waals surface area contributed by atoms with E-state index in [0.29, 0.717) is 0 Å². The predicted octanol–water partition coefficient (Wildman–Crippen LogP) is 3.94. The van der Waals surface area contributed by atoms with Crippen LogP contribution in [0.25, 0.3) is 0 Å². The molecule has 72 valence electrons. The molecule has 0 saturated carbocycles. The molecule has 0 aromatic heterocycles. The molecule has 0 N–H and O–H groups in total. The maximum Gasteiger partial charge on any atom is 0.0800 e. The molecule has 2 heteroatoms. The predicted molar refractivity (Wildman–Crippen MR) is 58.8 cm³/mol. The van der Waals surface area contributed by atoms with Crippen LogP contribution in [0.4, 0.5) is 0 Å². The van der Waals surface area contributed by atoms with Crippen LogP contribution in [-0.2, 0) is 4.74 Å². The summed E-state index contributed by atoms with van der Waals surface area (Å²) in [6.07, 6.45) is 0.451. The number of halogens is 1. The third-order valence-corrected chi connectivity index (χ3v) is 2.34. The van der Waals surface area contributed by atoms with Gasteiger partial charge in [-0.2, -0.15) is 0 Å². The summed E-state index contributed by atoms with van der Waals surface area (Å²) in [5.41, 5.74) is 1.22. The van der Waals surface area contributed by atoms with E-state index in [0.717, 1.165) is 4.47 Å². The Kier molecular flexibility index (Phi) is 3.94. The van der Waals surface area contributed by atoms with Crippen LogP contribution in [0.15, 0.2) is 28.7 Å². The molecule has 0 aliphatic rings. The Labute approximate surface area is 88.2 Å². The normalized spacial score (nSPS) is 13.3. The number of hydrogen-bond donors (Lipinski definition) is 0. The maximum absolute atomic E-state index is 5.66. The van der Waals surface area contributed by atoms with Gasteiger partial charge < -0.3 is 4.74 Å². The van der Waals surface area contributed by atoms with E-state index in [2.05, 4.69) is 48.8 Å². The minimum absolute atomic E-state index is 0.174. The lowest BCUT2D eigenvalue weighted by Gasteiger charge is -2.16. The molecular weight excluding hydrogens is 228 g/mol. The van der Waals surface area contributed by atoms with Crippen LogP contribution in [0, 0.1) is 0 Å². The van der Waals surface area contributed by atoms with E-state index < -0.39 is 0 Å². The zero-order chi connectivity index (χ0) is 9.84. The van der Waals surface area contributed by atoms with E-state index in [1.165, 1.54) is 5.56 Å². The van der Waals surface area contributed by atoms with Gasteiger partial charge in [0, 0.05) is 4.47 Å². The van der Waals surface area contributed by atoms with Gasteiger partial charge in [0.05, 0.1) is 12.2 Å². The molecule has 0 heterocycles. The van der Waals surface area contributed by atoms with Crippen molar-refractivity contribution in [3.05, 3.63) is 34.3 Å². The number of benzene rings is 1. The smallest absolute Gasteiger partial charge is 0.0800 e. The van der Waals surface area contributed by atoms with Crippen LogP contribution in [0.3, 0.4) is 0 Å². The lowest BCUT2D eigenvalue weighted by atomic mass is 10.1. The van der Waals surface area contributed by atoms with Gasteiger partial charge in [0.1, 0.15) is 0 Å². The number of rotatable bonds is 3. The highest BCUT2D eigenvalue weighted by molar-refractivity contribution is 9.10. The second kappa shape index (κ2) is 4.77. The largest absolute Gasteiger partial charge is 0.371 e. The summed E-state index contributed by atoms with van der Waals surface area (Å²) < 4.78 is 6.77. The molecule has 0 radical (unpaired) electrons. The molecule has 0 saturated heterocycles. The topological polar surface area (TPSA) is 9.23 Å². The zero-order valence-electron chi connectivity index (χ0n) is 8.25. The quantitative estimate of drug-likeness (QED) is 0.781. The SMILES string of the molecule is CC(C)OC(C)c1ccc(Br)cc1. The van der Waals surface area contributed by atoms with Crippen LogP contribution in [0.2, 0.25) is 0 Å². The monoisotopic (exact) mass is 242 g/mol. The molecule has 0 spiro atoms. The van der Waals surface area contributed by atoms with Crippen molar-refractivity contribution in [3.63, 3.8) is 0 Å². The first kappa shape index (κ1) is 10.7. The molecule has 1 aromatic rings. The molecule has 0 fully saturated rings. The fourth-order valence-corrected chi connectivity index (χ4v) is 1.48. The Morgan fingerprint density at radius 2 is 1.62 bits per heavy atom. The van der Waals surface area contributed by atoms with Gasteiger partial charge in [-0.1, -0.05) is 28.1 Å². The van der Waals surface area contributed by atoms with Crippen LogP contribution in [-0.4, -0.2) is 6.10 Å². The standard InChI is InChI=1S/C11H15BrO/c1-8(2)13-9(3)10-4-6-11(12)7-5-10/h4-9H,1-3H3. The van der Waals surface area contributed by atoms with Gasteiger partial charge in [-0.3, -0.25) is 0 Å².